The van der Waals surface area contributed by atoms with Crippen LogP contribution >= 0.6 is 11.6 Å². The summed E-state index contributed by atoms with van der Waals surface area (Å²) in [6.45, 7) is 1.84. The molecule has 2 amide bonds. The van der Waals surface area contributed by atoms with Crippen molar-refractivity contribution >= 4 is 29.1 Å². The maximum Gasteiger partial charge on any atom is 0.573 e. The minimum absolute atomic E-state index is 0.000948. The fourth-order valence-corrected chi connectivity index (χ4v) is 4.17. The van der Waals surface area contributed by atoms with Crippen LogP contribution in [0.25, 0.3) is 11.1 Å². The molecule has 1 aliphatic rings. The number of benzene rings is 2. The van der Waals surface area contributed by atoms with Gasteiger partial charge in [-0.3, -0.25) is 14.5 Å². The lowest BCUT2D eigenvalue weighted by molar-refractivity contribution is -0.274. The zero-order valence-electron chi connectivity index (χ0n) is 18.4. The minimum Gasteiger partial charge on any atom is -0.405 e. The summed E-state index contributed by atoms with van der Waals surface area (Å²) in [5, 5.41) is 15.9. The highest BCUT2D eigenvalue weighted by Gasteiger charge is 2.34. The number of alkyl halides is 3. The van der Waals surface area contributed by atoms with Gasteiger partial charge in [-0.2, -0.15) is 0 Å². The third-order valence-electron chi connectivity index (χ3n) is 5.40. The van der Waals surface area contributed by atoms with Gasteiger partial charge in [0, 0.05) is 30.3 Å². The zero-order chi connectivity index (χ0) is 24.9. The van der Waals surface area contributed by atoms with Crippen LogP contribution in [0, 0.1) is 0 Å². The number of aliphatic hydroxyl groups excluding tert-OH is 1. The molecule has 2 aromatic carbocycles. The lowest BCUT2D eigenvalue weighted by Gasteiger charge is -2.37. The van der Waals surface area contributed by atoms with Gasteiger partial charge in [0.15, 0.2) is 0 Å². The fraction of sp³-hybridized carbons (Fsp3) is 0.391. The molecule has 1 saturated heterocycles. The highest BCUT2D eigenvalue weighted by Crippen LogP contribution is 2.38. The fourth-order valence-electron chi connectivity index (χ4n) is 3.88. The van der Waals surface area contributed by atoms with Crippen molar-refractivity contribution in [3.63, 3.8) is 0 Å². The van der Waals surface area contributed by atoms with Crippen molar-refractivity contribution in [1.82, 2.24) is 10.2 Å². The summed E-state index contributed by atoms with van der Waals surface area (Å²) < 4.78 is 42.4. The molecule has 0 radical (unpaired) electrons. The summed E-state index contributed by atoms with van der Waals surface area (Å²) in [6.07, 6.45) is -3.74. The number of carbonyl (C=O) groups excluding carboxylic acids is 2. The minimum atomic E-state index is -4.85. The molecule has 34 heavy (non-hydrogen) atoms. The van der Waals surface area contributed by atoms with Gasteiger partial charge in [-0.15, -0.1) is 13.2 Å². The molecule has 3 N–H and O–H groups in total. The molecule has 1 fully saturated rings. The van der Waals surface area contributed by atoms with Gasteiger partial charge in [0.25, 0.3) is 0 Å². The quantitative estimate of drug-likeness (QED) is 0.532. The van der Waals surface area contributed by atoms with E-state index in [0.29, 0.717) is 24.2 Å². The molecule has 2 unspecified atom stereocenters. The molecule has 2 aromatic rings. The predicted molar refractivity (Wildman–Crippen MR) is 121 cm³/mol. The first kappa shape index (κ1) is 25.8. The molecule has 0 aromatic heterocycles. The normalized spacial score (nSPS) is 17.6. The predicted octanol–water partition coefficient (Wildman–Crippen LogP) is 4.15. The van der Waals surface area contributed by atoms with Gasteiger partial charge >= 0.3 is 6.36 Å². The summed E-state index contributed by atoms with van der Waals surface area (Å²) in [5.74, 6) is -1.03. The first-order valence-electron chi connectivity index (χ1n) is 10.7. The van der Waals surface area contributed by atoms with Crippen molar-refractivity contribution in [2.45, 2.75) is 44.8 Å². The number of amides is 2. The summed E-state index contributed by atoms with van der Waals surface area (Å²) in [6, 6.07) is 9.50. The van der Waals surface area contributed by atoms with Crippen LogP contribution in [0.5, 0.6) is 5.75 Å². The Bertz CT molecular complexity index is 1030. The molecule has 1 heterocycles. The van der Waals surface area contributed by atoms with E-state index >= 15 is 0 Å². The van der Waals surface area contributed by atoms with Crippen LogP contribution in [0.2, 0.25) is 5.02 Å². The maximum absolute atomic E-state index is 13.0. The monoisotopic (exact) mass is 499 g/mol. The Kier molecular flexibility index (Phi) is 8.40. The molecule has 2 atom stereocenters. The molecule has 184 valence electrons. The number of para-hydroxylation sites is 1. The average molecular weight is 500 g/mol. The number of carbonyl (C=O) groups is 2. The molecular weight excluding hydrogens is 475 g/mol. The summed E-state index contributed by atoms with van der Waals surface area (Å²) >= 11 is 6.35. The summed E-state index contributed by atoms with van der Waals surface area (Å²) in [5.41, 5.74) is 0.821. The first-order valence-corrected chi connectivity index (χ1v) is 11.1. The molecule has 7 nitrogen and oxygen atoms in total. The van der Waals surface area contributed by atoms with Crippen LogP contribution in [0.1, 0.15) is 26.2 Å². The number of hydrogen-bond acceptors (Lipinski definition) is 5. The van der Waals surface area contributed by atoms with Gasteiger partial charge in [-0.1, -0.05) is 42.3 Å². The lowest BCUT2D eigenvalue weighted by Crippen LogP contribution is -2.54. The number of ether oxygens (including phenoxy) is 1. The number of rotatable bonds is 7. The summed E-state index contributed by atoms with van der Waals surface area (Å²) in [4.78, 5) is 25.7. The molecule has 11 heteroatoms. The van der Waals surface area contributed by atoms with Crippen molar-refractivity contribution in [2.24, 2.45) is 0 Å². The number of nitrogens with zero attached hydrogens (tertiary/aromatic N) is 1. The summed E-state index contributed by atoms with van der Waals surface area (Å²) in [7, 11) is 0. The van der Waals surface area contributed by atoms with Crippen molar-refractivity contribution < 1.29 is 32.6 Å². The van der Waals surface area contributed by atoms with E-state index in [2.05, 4.69) is 15.4 Å². The number of likely N-dealkylation sites (tertiary alicyclic amines) is 1. The standard InChI is InChI=1S/C23H25ClF3N3O4/c1-14(31)28-13-21(32)30-11-5-4-7-19(30)22(33)29-15-9-10-16(18(24)12-15)17-6-2-3-8-20(17)34-23(25,26)27/h2-3,6,8-10,12,19,21,32H,4-5,7,11,13H2,1H3,(H,28,31)(H,29,33). The molecular formula is C23H25ClF3N3O4. The topological polar surface area (TPSA) is 90.9 Å². The Hall–Kier alpha value is -2.82. The number of anilines is 1. The largest absolute Gasteiger partial charge is 0.573 e. The number of halogens is 4. The smallest absolute Gasteiger partial charge is 0.405 e. The van der Waals surface area contributed by atoms with Crippen LogP contribution in [0.4, 0.5) is 18.9 Å². The Morgan fingerprint density at radius 1 is 1.21 bits per heavy atom. The molecule has 0 saturated carbocycles. The van der Waals surface area contributed by atoms with Crippen LogP contribution < -0.4 is 15.4 Å². The van der Waals surface area contributed by atoms with Crippen LogP contribution in [0.15, 0.2) is 42.5 Å². The van der Waals surface area contributed by atoms with E-state index in [-0.39, 0.29) is 34.7 Å². The Morgan fingerprint density at radius 3 is 2.62 bits per heavy atom. The van der Waals surface area contributed by atoms with E-state index in [9.17, 15) is 27.9 Å². The number of piperidine rings is 1. The van der Waals surface area contributed by atoms with Crippen LogP contribution in [-0.4, -0.2) is 53.5 Å². The SMILES string of the molecule is CC(=O)NCC(O)N1CCCCC1C(=O)Nc1ccc(-c2ccccc2OC(F)(F)F)c(Cl)c1. The van der Waals surface area contributed by atoms with E-state index < -0.39 is 18.6 Å². The number of nitrogens with one attached hydrogen (secondary N) is 2. The first-order chi connectivity index (χ1) is 16.0. The number of aliphatic hydroxyl groups is 1. The van der Waals surface area contributed by atoms with Gasteiger partial charge in [-0.05, 0) is 31.0 Å². The third-order valence-corrected chi connectivity index (χ3v) is 5.72. The van der Waals surface area contributed by atoms with Crippen LogP contribution in [0.3, 0.4) is 0 Å². The van der Waals surface area contributed by atoms with E-state index in [1.165, 1.54) is 43.3 Å². The maximum atomic E-state index is 13.0. The Balaban J connectivity index is 1.75. The van der Waals surface area contributed by atoms with Gasteiger partial charge in [0.05, 0.1) is 17.6 Å². The second-order valence-electron chi connectivity index (χ2n) is 7.89. The van der Waals surface area contributed by atoms with E-state index in [1.54, 1.807) is 11.0 Å². The molecule has 1 aliphatic heterocycles. The highest BCUT2D eigenvalue weighted by molar-refractivity contribution is 6.33. The van der Waals surface area contributed by atoms with Crippen molar-refractivity contribution in [1.29, 1.82) is 0 Å². The Labute approximate surface area is 199 Å². The number of hydrogen-bond donors (Lipinski definition) is 3. The van der Waals surface area contributed by atoms with Gasteiger partial charge < -0.3 is 20.5 Å². The van der Waals surface area contributed by atoms with Gasteiger partial charge in [-0.25, -0.2) is 0 Å². The van der Waals surface area contributed by atoms with Gasteiger partial charge in [0.2, 0.25) is 11.8 Å². The molecule has 3 rings (SSSR count). The van der Waals surface area contributed by atoms with Crippen molar-refractivity contribution in [3.05, 3.63) is 47.5 Å². The van der Waals surface area contributed by atoms with E-state index in [4.69, 9.17) is 11.6 Å². The van der Waals surface area contributed by atoms with Crippen LogP contribution in [-0.2, 0) is 9.59 Å². The molecule has 0 spiro atoms. The van der Waals surface area contributed by atoms with Crippen molar-refractivity contribution in [2.75, 3.05) is 18.4 Å². The second kappa shape index (κ2) is 11.1. The van der Waals surface area contributed by atoms with Crippen molar-refractivity contribution in [3.8, 4) is 16.9 Å². The lowest BCUT2D eigenvalue weighted by atomic mass is 10.0. The molecule has 0 aliphatic carbocycles. The highest BCUT2D eigenvalue weighted by atomic mass is 35.5. The molecule has 0 bridgehead atoms. The third kappa shape index (κ3) is 6.85. The van der Waals surface area contributed by atoms with E-state index in [1.807, 2.05) is 0 Å². The second-order valence-corrected chi connectivity index (χ2v) is 8.30. The average Bonchev–Trinajstić information content (AvgIpc) is 2.77. The Morgan fingerprint density at radius 2 is 1.94 bits per heavy atom. The zero-order valence-corrected chi connectivity index (χ0v) is 19.1. The van der Waals surface area contributed by atoms with E-state index in [0.717, 1.165) is 12.8 Å². The van der Waals surface area contributed by atoms with Gasteiger partial charge in [0.1, 0.15) is 12.0 Å².